The van der Waals surface area contributed by atoms with Crippen LogP contribution in [0.2, 0.25) is 0 Å². The molecule has 0 aliphatic rings. The van der Waals surface area contributed by atoms with E-state index in [0.29, 0.717) is 5.75 Å². The third-order valence-corrected chi connectivity index (χ3v) is 1.77. The molecule has 0 fully saturated rings. The highest BCUT2D eigenvalue weighted by molar-refractivity contribution is 5.37. The van der Waals surface area contributed by atoms with E-state index in [1.54, 1.807) is 6.07 Å². The van der Waals surface area contributed by atoms with Crippen LogP contribution in [-0.2, 0) is 7.05 Å². The second-order valence-electron chi connectivity index (χ2n) is 2.43. The van der Waals surface area contributed by atoms with Crippen LogP contribution in [0.1, 0.15) is 5.69 Å². The van der Waals surface area contributed by atoms with Gasteiger partial charge in [-0.05, 0) is 0 Å². The monoisotopic (exact) mass is 154 g/mol. The molecule has 0 amide bonds. The van der Waals surface area contributed by atoms with Crippen LogP contribution in [0.15, 0.2) is 12.3 Å². The summed E-state index contributed by atoms with van der Waals surface area (Å²) in [6, 6.07) is 1.72. The summed E-state index contributed by atoms with van der Waals surface area (Å²) >= 11 is 0. The van der Waals surface area contributed by atoms with Crippen LogP contribution in [0.5, 0.6) is 11.5 Å². The number of hydrogen-bond acceptors (Lipinski definition) is 2. The molecule has 0 aliphatic carbocycles. The zero-order valence-corrected chi connectivity index (χ0v) is 6.96. The number of aromatic nitrogens is 1. The number of pyridine rings is 1. The lowest BCUT2D eigenvalue weighted by molar-refractivity contribution is -0.678. The van der Waals surface area contributed by atoms with Crippen LogP contribution in [-0.4, -0.2) is 12.2 Å². The second-order valence-corrected chi connectivity index (χ2v) is 2.43. The molecule has 1 aromatic rings. The van der Waals surface area contributed by atoms with Crippen LogP contribution in [0, 0.1) is 6.92 Å². The van der Waals surface area contributed by atoms with Gasteiger partial charge in [0.05, 0.1) is 7.11 Å². The molecule has 11 heavy (non-hydrogen) atoms. The van der Waals surface area contributed by atoms with Crippen LogP contribution in [0.25, 0.3) is 0 Å². The van der Waals surface area contributed by atoms with E-state index in [4.69, 9.17) is 4.74 Å². The zero-order valence-electron chi connectivity index (χ0n) is 6.96. The Hall–Kier alpha value is -1.25. The third-order valence-electron chi connectivity index (χ3n) is 1.77. The molecule has 0 aromatic carbocycles. The van der Waals surface area contributed by atoms with Crippen molar-refractivity contribution in [3.05, 3.63) is 18.0 Å². The van der Waals surface area contributed by atoms with Crippen molar-refractivity contribution in [2.45, 2.75) is 6.92 Å². The van der Waals surface area contributed by atoms with Gasteiger partial charge in [0.1, 0.15) is 7.05 Å². The molecule has 0 saturated heterocycles. The molecule has 3 nitrogen and oxygen atoms in total. The van der Waals surface area contributed by atoms with Crippen molar-refractivity contribution in [1.82, 2.24) is 0 Å². The molecule has 0 radical (unpaired) electrons. The lowest BCUT2D eigenvalue weighted by Crippen LogP contribution is -2.30. The first-order chi connectivity index (χ1) is 5.16. The Balaban J connectivity index is 3.25. The maximum Gasteiger partial charge on any atom is 0.226 e. The molecule has 0 saturated carbocycles. The predicted molar refractivity (Wildman–Crippen MR) is 40.6 cm³/mol. The van der Waals surface area contributed by atoms with E-state index in [2.05, 4.69) is 0 Å². The van der Waals surface area contributed by atoms with Crippen molar-refractivity contribution >= 4 is 0 Å². The summed E-state index contributed by atoms with van der Waals surface area (Å²) in [6.07, 6.45) is 1.84. The molecule has 0 unspecified atom stereocenters. The Kier molecular flexibility index (Phi) is 1.98. The number of aromatic hydroxyl groups is 1. The fraction of sp³-hybridized carbons (Fsp3) is 0.375. The van der Waals surface area contributed by atoms with Crippen molar-refractivity contribution < 1.29 is 14.4 Å². The molecule has 0 aliphatic heterocycles. The van der Waals surface area contributed by atoms with Gasteiger partial charge in [-0.2, -0.15) is 0 Å². The fourth-order valence-corrected chi connectivity index (χ4v) is 0.880. The van der Waals surface area contributed by atoms with Gasteiger partial charge in [-0.3, -0.25) is 0 Å². The summed E-state index contributed by atoms with van der Waals surface area (Å²) in [5, 5.41) is 9.43. The van der Waals surface area contributed by atoms with E-state index in [1.807, 2.05) is 24.7 Å². The number of ether oxygens (including phenoxy) is 1. The highest BCUT2D eigenvalue weighted by atomic mass is 16.5. The summed E-state index contributed by atoms with van der Waals surface area (Å²) in [6.45, 7) is 1.83. The Labute approximate surface area is 65.9 Å². The number of nitrogens with zero attached hydrogens (tertiary/aromatic N) is 1. The first-order valence-corrected chi connectivity index (χ1v) is 3.39. The Morgan fingerprint density at radius 2 is 2.18 bits per heavy atom. The minimum Gasteiger partial charge on any atom is -0.500 e. The molecule has 1 heterocycles. The Bertz CT molecular complexity index is 271. The maximum absolute atomic E-state index is 9.43. The molecule has 0 atom stereocenters. The van der Waals surface area contributed by atoms with Crippen molar-refractivity contribution in [1.29, 1.82) is 0 Å². The molecule has 1 aromatic heterocycles. The van der Waals surface area contributed by atoms with Crippen LogP contribution < -0.4 is 9.30 Å². The van der Waals surface area contributed by atoms with E-state index >= 15 is 0 Å². The van der Waals surface area contributed by atoms with Crippen molar-refractivity contribution in [2.24, 2.45) is 7.05 Å². The standard InChI is InChI=1S/C8H11NO2/c1-6-8(10)7(11-3)4-5-9(6)2/h4-5H,1-3H3/p+1. The molecule has 3 heteroatoms. The Morgan fingerprint density at radius 3 is 2.73 bits per heavy atom. The van der Waals surface area contributed by atoms with Crippen molar-refractivity contribution in [2.75, 3.05) is 7.11 Å². The normalized spacial score (nSPS) is 9.73. The van der Waals surface area contributed by atoms with Crippen LogP contribution >= 0.6 is 0 Å². The second kappa shape index (κ2) is 2.78. The molecule has 0 spiro atoms. The average Bonchev–Trinajstić information content (AvgIpc) is 2.01. The SMILES string of the molecule is COc1cc[n+](C)c(C)c1O. The van der Waals surface area contributed by atoms with Gasteiger partial charge in [0.15, 0.2) is 11.9 Å². The fourth-order valence-electron chi connectivity index (χ4n) is 0.880. The molecule has 0 bridgehead atoms. The number of methoxy groups -OCH3 is 1. The maximum atomic E-state index is 9.43. The van der Waals surface area contributed by atoms with Crippen molar-refractivity contribution in [3.63, 3.8) is 0 Å². The summed E-state index contributed by atoms with van der Waals surface area (Å²) in [5.74, 6) is 0.720. The van der Waals surface area contributed by atoms with Crippen LogP contribution in [0.3, 0.4) is 0 Å². The van der Waals surface area contributed by atoms with E-state index in [9.17, 15) is 5.11 Å². The number of aryl methyl sites for hydroxylation is 1. The summed E-state index contributed by atoms with van der Waals surface area (Å²) in [7, 11) is 3.41. The van der Waals surface area contributed by atoms with Gasteiger partial charge in [-0.25, -0.2) is 4.57 Å². The first-order valence-electron chi connectivity index (χ1n) is 3.39. The highest BCUT2D eigenvalue weighted by Crippen LogP contribution is 2.25. The number of rotatable bonds is 1. The van der Waals surface area contributed by atoms with Gasteiger partial charge < -0.3 is 9.84 Å². The lowest BCUT2D eigenvalue weighted by atomic mass is 10.3. The lowest BCUT2D eigenvalue weighted by Gasteiger charge is -2.02. The summed E-state index contributed by atoms with van der Waals surface area (Å²) in [4.78, 5) is 0. The highest BCUT2D eigenvalue weighted by Gasteiger charge is 2.11. The largest absolute Gasteiger partial charge is 0.500 e. The van der Waals surface area contributed by atoms with Gasteiger partial charge in [-0.1, -0.05) is 0 Å². The smallest absolute Gasteiger partial charge is 0.226 e. The summed E-state index contributed by atoms with van der Waals surface area (Å²) in [5.41, 5.74) is 0.796. The summed E-state index contributed by atoms with van der Waals surface area (Å²) < 4.78 is 6.75. The minimum atomic E-state index is 0.206. The van der Waals surface area contributed by atoms with Gasteiger partial charge in [0.2, 0.25) is 11.4 Å². The third kappa shape index (κ3) is 1.27. The van der Waals surface area contributed by atoms with Gasteiger partial charge >= 0.3 is 0 Å². The van der Waals surface area contributed by atoms with Gasteiger partial charge in [0.25, 0.3) is 0 Å². The van der Waals surface area contributed by atoms with E-state index in [1.165, 1.54) is 7.11 Å². The Morgan fingerprint density at radius 1 is 1.55 bits per heavy atom. The first kappa shape index (κ1) is 7.85. The van der Waals surface area contributed by atoms with Crippen molar-refractivity contribution in [3.8, 4) is 11.5 Å². The minimum absolute atomic E-state index is 0.206. The topological polar surface area (TPSA) is 33.3 Å². The van der Waals surface area contributed by atoms with Crippen LogP contribution in [0.4, 0.5) is 0 Å². The van der Waals surface area contributed by atoms with Gasteiger partial charge in [0, 0.05) is 13.0 Å². The molecular weight excluding hydrogens is 142 g/mol. The molecule has 1 N–H and O–H groups in total. The zero-order chi connectivity index (χ0) is 8.43. The van der Waals surface area contributed by atoms with E-state index in [-0.39, 0.29) is 5.75 Å². The van der Waals surface area contributed by atoms with E-state index < -0.39 is 0 Å². The predicted octanol–water partition coefficient (Wildman–Crippen LogP) is 0.534. The molecule has 1 rings (SSSR count). The average molecular weight is 154 g/mol. The quantitative estimate of drug-likeness (QED) is 0.599. The van der Waals surface area contributed by atoms with E-state index in [0.717, 1.165) is 5.69 Å². The molecule has 60 valence electrons. The molecular formula is C8H12NO2+. The number of hydrogen-bond donors (Lipinski definition) is 1. The van der Waals surface area contributed by atoms with Gasteiger partial charge in [-0.15, -0.1) is 0 Å².